The summed E-state index contributed by atoms with van der Waals surface area (Å²) in [6.07, 6.45) is -2.17. The zero-order valence-corrected chi connectivity index (χ0v) is 29.2. The molecular formula is C38H48O4Si2. The van der Waals surface area contributed by atoms with Crippen LogP contribution in [0.2, 0.25) is 10.1 Å². The molecule has 6 heteroatoms. The molecule has 1 N–H and O–H groups in total. The highest BCUT2D eigenvalue weighted by Crippen LogP contribution is 2.41. The van der Waals surface area contributed by atoms with Crippen LogP contribution in [-0.4, -0.2) is 52.8 Å². The summed E-state index contributed by atoms with van der Waals surface area (Å²) in [5, 5.41) is 16.4. The normalized spacial score (nSPS) is 21.4. The molecule has 1 fully saturated rings. The van der Waals surface area contributed by atoms with Crippen molar-refractivity contribution in [2.75, 3.05) is 6.61 Å². The minimum absolute atomic E-state index is 0.171. The fourth-order valence-electron chi connectivity index (χ4n) is 7.09. The summed E-state index contributed by atoms with van der Waals surface area (Å²) in [5.41, 5.74) is 0. The molecule has 232 valence electrons. The van der Waals surface area contributed by atoms with E-state index in [0.29, 0.717) is 0 Å². The number of rotatable bonds is 9. The van der Waals surface area contributed by atoms with E-state index >= 15 is 0 Å². The predicted molar refractivity (Wildman–Crippen MR) is 186 cm³/mol. The molecule has 1 aliphatic heterocycles. The van der Waals surface area contributed by atoms with E-state index < -0.39 is 34.9 Å². The van der Waals surface area contributed by atoms with Gasteiger partial charge in [0.25, 0.3) is 16.6 Å². The number of ether oxygens (including phenoxy) is 1. The molecule has 0 spiro atoms. The van der Waals surface area contributed by atoms with Crippen LogP contribution in [0.1, 0.15) is 48.5 Å². The third-order valence-electron chi connectivity index (χ3n) is 9.18. The van der Waals surface area contributed by atoms with Crippen molar-refractivity contribution >= 4 is 37.4 Å². The van der Waals surface area contributed by atoms with Crippen molar-refractivity contribution < 1.29 is 18.7 Å². The van der Waals surface area contributed by atoms with E-state index in [1.807, 2.05) is 19.1 Å². The predicted octanol–water partition coefficient (Wildman–Crippen LogP) is 5.66. The molecule has 1 saturated heterocycles. The lowest BCUT2D eigenvalue weighted by molar-refractivity contribution is -0.0131. The molecule has 1 aliphatic rings. The second-order valence-corrected chi connectivity index (χ2v) is 22.6. The SMILES string of the molecule is C[C@@H]1O[C@H](CO[Si](c2ccccc2)(c2ccccc2)C(C)(C)C)[C@H](O)[C@H]1O[Si](c1ccccc1)(c1ccccc1)C(C)(C)C. The number of aliphatic hydroxyl groups is 1. The van der Waals surface area contributed by atoms with Crippen LogP contribution in [0.3, 0.4) is 0 Å². The molecule has 0 radical (unpaired) electrons. The number of aliphatic hydroxyl groups excluding tert-OH is 1. The van der Waals surface area contributed by atoms with Gasteiger partial charge in [-0.1, -0.05) is 163 Å². The molecule has 0 amide bonds. The van der Waals surface area contributed by atoms with E-state index in [1.165, 1.54) is 20.7 Å². The highest BCUT2D eigenvalue weighted by Gasteiger charge is 2.56. The van der Waals surface area contributed by atoms with Crippen molar-refractivity contribution in [3.63, 3.8) is 0 Å². The van der Waals surface area contributed by atoms with Crippen LogP contribution >= 0.6 is 0 Å². The van der Waals surface area contributed by atoms with Crippen molar-refractivity contribution in [1.82, 2.24) is 0 Å². The Labute approximate surface area is 266 Å². The van der Waals surface area contributed by atoms with Crippen LogP contribution in [0.15, 0.2) is 121 Å². The van der Waals surface area contributed by atoms with Gasteiger partial charge < -0.3 is 18.7 Å². The fraction of sp³-hybridized carbons (Fsp3) is 0.368. The van der Waals surface area contributed by atoms with Gasteiger partial charge in [-0.2, -0.15) is 0 Å². The van der Waals surface area contributed by atoms with Gasteiger partial charge in [0.1, 0.15) is 18.3 Å². The maximum atomic E-state index is 12.0. The zero-order chi connectivity index (χ0) is 31.6. The fourth-order valence-corrected chi connectivity index (χ4v) is 16.4. The second kappa shape index (κ2) is 12.9. The summed E-state index contributed by atoms with van der Waals surface area (Å²) in [6.45, 7) is 15.9. The maximum Gasteiger partial charge on any atom is 0.261 e. The van der Waals surface area contributed by atoms with Crippen molar-refractivity contribution in [3.05, 3.63) is 121 Å². The monoisotopic (exact) mass is 624 g/mol. The van der Waals surface area contributed by atoms with Crippen molar-refractivity contribution in [3.8, 4) is 0 Å². The Balaban J connectivity index is 1.50. The van der Waals surface area contributed by atoms with Crippen molar-refractivity contribution in [2.24, 2.45) is 0 Å². The summed E-state index contributed by atoms with van der Waals surface area (Å²) in [6, 6.07) is 42.4. The van der Waals surface area contributed by atoms with Gasteiger partial charge >= 0.3 is 0 Å². The van der Waals surface area contributed by atoms with Crippen LogP contribution in [0, 0.1) is 0 Å². The molecule has 0 aliphatic carbocycles. The third kappa shape index (κ3) is 5.92. The molecule has 0 aromatic heterocycles. The minimum atomic E-state index is -2.89. The Morgan fingerprint density at radius 1 is 0.591 bits per heavy atom. The molecule has 1 heterocycles. The molecule has 5 rings (SSSR count). The number of hydrogen-bond acceptors (Lipinski definition) is 4. The second-order valence-electron chi connectivity index (χ2n) is 14.1. The van der Waals surface area contributed by atoms with Crippen LogP contribution in [0.5, 0.6) is 0 Å². The summed E-state index contributed by atoms with van der Waals surface area (Å²) >= 11 is 0. The molecule has 0 bridgehead atoms. The quantitative estimate of drug-likeness (QED) is 0.245. The largest absolute Gasteiger partial charge is 0.405 e. The third-order valence-corrected chi connectivity index (χ3v) is 19.2. The number of benzene rings is 4. The highest BCUT2D eigenvalue weighted by atomic mass is 28.4. The van der Waals surface area contributed by atoms with E-state index in [4.69, 9.17) is 13.6 Å². The average molecular weight is 625 g/mol. The zero-order valence-electron chi connectivity index (χ0n) is 27.2. The average Bonchev–Trinajstić information content (AvgIpc) is 3.28. The molecule has 4 atom stereocenters. The van der Waals surface area contributed by atoms with E-state index in [9.17, 15) is 5.11 Å². The Morgan fingerprint density at radius 2 is 0.932 bits per heavy atom. The van der Waals surface area contributed by atoms with Gasteiger partial charge in [0.2, 0.25) is 0 Å². The summed E-state index contributed by atoms with van der Waals surface area (Å²) in [5.74, 6) is 0. The van der Waals surface area contributed by atoms with Gasteiger partial charge in [0.05, 0.1) is 12.7 Å². The van der Waals surface area contributed by atoms with E-state index in [-0.39, 0.29) is 22.8 Å². The van der Waals surface area contributed by atoms with Gasteiger partial charge in [0.15, 0.2) is 0 Å². The maximum absolute atomic E-state index is 12.0. The van der Waals surface area contributed by atoms with E-state index in [0.717, 1.165) is 0 Å². The summed E-state index contributed by atoms with van der Waals surface area (Å²) in [4.78, 5) is 0. The first-order chi connectivity index (χ1) is 20.9. The van der Waals surface area contributed by atoms with Crippen LogP contribution < -0.4 is 20.7 Å². The lowest BCUT2D eigenvalue weighted by atomic mass is 10.1. The van der Waals surface area contributed by atoms with Crippen LogP contribution in [0.4, 0.5) is 0 Å². The van der Waals surface area contributed by atoms with Gasteiger partial charge in [-0.05, 0) is 37.7 Å². The summed E-state index contributed by atoms with van der Waals surface area (Å²) < 4.78 is 21.1. The minimum Gasteiger partial charge on any atom is -0.405 e. The van der Waals surface area contributed by atoms with E-state index in [1.54, 1.807) is 0 Å². The Bertz CT molecular complexity index is 1390. The van der Waals surface area contributed by atoms with Crippen molar-refractivity contribution in [1.29, 1.82) is 0 Å². The topological polar surface area (TPSA) is 47.9 Å². The highest BCUT2D eigenvalue weighted by molar-refractivity contribution is 7.00. The Morgan fingerprint density at radius 3 is 1.27 bits per heavy atom. The van der Waals surface area contributed by atoms with Crippen molar-refractivity contribution in [2.45, 2.75) is 83.0 Å². The lowest BCUT2D eigenvalue weighted by Gasteiger charge is -2.45. The van der Waals surface area contributed by atoms with Crippen LogP contribution in [0.25, 0.3) is 0 Å². The van der Waals surface area contributed by atoms with Gasteiger partial charge in [-0.3, -0.25) is 0 Å². The molecule has 44 heavy (non-hydrogen) atoms. The van der Waals surface area contributed by atoms with Crippen LogP contribution in [-0.2, 0) is 13.6 Å². The standard InChI is InChI=1S/C38H48O4Si2/c1-29-36(42-44(38(5,6)7,32-24-16-10-17-25-32)33-26-18-11-19-27-33)35(39)34(41-29)28-40-43(37(2,3)4,30-20-12-8-13-21-30)31-22-14-9-15-23-31/h8-27,29,34-36,39H,28H2,1-7H3/t29-,34+,35-,36-/m0/s1. The molecular weight excluding hydrogens is 577 g/mol. The molecule has 4 aromatic carbocycles. The molecule has 4 nitrogen and oxygen atoms in total. The van der Waals surface area contributed by atoms with Gasteiger partial charge in [0, 0.05) is 0 Å². The van der Waals surface area contributed by atoms with Gasteiger partial charge in [-0.25, -0.2) is 0 Å². The Kier molecular flexibility index (Phi) is 9.52. The lowest BCUT2D eigenvalue weighted by Crippen LogP contribution is -2.69. The van der Waals surface area contributed by atoms with Gasteiger partial charge in [-0.15, -0.1) is 0 Å². The Hall–Kier alpha value is -2.85. The van der Waals surface area contributed by atoms with E-state index in [2.05, 4.69) is 151 Å². The number of hydrogen-bond donors (Lipinski definition) is 1. The molecule has 4 aromatic rings. The first kappa shape index (κ1) is 32.5. The summed E-state index contributed by atoms with van der Waals surface area (Å²) in [7, 11) is -5.69. The molecule has 0 saturated carbocycles. The molecule has 0 unspecified atom stereocenters. The first-order valence-corrected chi connectivity index (χ1v) is 19.6. The first-order valence-electron chi connectivity index (χ1n) is 15.8. The smallest absolute Gasteiger partial charge is 0.261 e.